The van der Waals surface area contributed by atoms with Gasteiger partial charge in [-0.05, 0) is 31.3 Å². The van der Waals surface area contributed by atoms with E-state index in [0.29, 0.717) is 42.4 Å². The minimum Gasteiger partial charge on any atom is -0.450 e. The summed E-state index contributed by atoms with van der Waals surface area (Å²) in [5.41, 5.74) is 2.33. The van der Waals surface area contributed by atoms with Gasteiger partial charge in [0.15, 0.2) is 0 Å². The van der Waals surface area contributed by atoms with Crippen molar-refractivity contribution in [2.75, 3.05) is 19.7 Å². The van der Waals surface area contributed by atoms with Gasteiger partial charge in [0.2, 0.25) is 0 Å². The fourth-order valence-electron chi connectivity index (χ4n) is 3.87. The smallest absolute Gasteiger partial charge is 0.409 e. The van der Waals surface area contributed by atoms with E-state index < -0.39 is 0 Å². The van der Waals surface area contributed by atoms with E-state index >= 15 is 0 Å². The largest absolute Gasteiger partial charge is 0.450 e. The number of aromatic nitrogens is 2. The molecule has 2 radical (unpaired) electrons. The van der Waals surface area contributed by atoms with Crippen LogP contribution in [0, 0.1) is 0 Å². The molecule has 1 atom stereocenters. The van der Waals surface area contributed by atoms with Gasteiger partial charge in [0, 0.05) is 42.3 Å². The molecule has 0 spiro atoms. The standard InChI is InChI=1S/C20H23BClN5O2/c1-2-29-20(28)26-9-7-13(8-10-26)24-18-11-17(14-5-3-4-6-16(14)22)25-19-15(21)12-23-27(18)19/h3-6,12-13,18,24H,2,7-11H2,1H3. The van der Waals surface area contributed by atoms with Crippen molar-refractivity contribution in [3.8, 4) is 0 Å². The normalized spacial score (nSPS) is 19.6. The van der Waals surface area contributed by atoms with Crippen LogP contribution in [0.4, 0.5) is 10.6 Å². The Kier molecular flexibility index (Phi) is 5.92. The van der Waals surface area contributed by atoms with Gasteiger partial charge >= 0.3 is 6.09 Å². The first-order valence-electron chi connectivity index (χ1n) is 9.90. The molecule has 7 nitrogen and oxygen atoms in total. The van der Waals surface area contributed by atoms with E-state index in [9.17, 15) is 4.79 Å². The highest BCUT2D eigenvalue weighted by Gasteiger charge is 2.30. The van der Waals surface area contributed by atoms with E-state index in [-0.39, 0.29) is 18.3 Å². The molecule has 150 valence electrons. The lowest BCUT2D eigenvalue weighted by Gasteiger charge is -2.35. The quantitative estimate of drug-likeness (QED) is 0.785. The number of carbonyl (C=O) groups is 1. The number of piperidine rings is 1. The molecule has 1 N–H and O–H groups in total. The molecule has 29 heavy (non-hydrogen) atoms. The number of benzene rings is 1. The molecule has 2 aliphatic heterocycles. The maximum Gasteiger partial charge on any atom is 0.409 e. The Balaban J connectivity index is 1.49. The molecule has 0 bridgehead atoms. The fourth-order valence-corrected chi connectivity index (χ4v) is 4.11. The number of fused-ring (bicyclic) bond motifs is 1. The van der Waals surface area contributed by atoms with Crippen LogP contribution in [0.1, 0.15) is 37.9 Å². The Bertz CT molecular complexity index is 923. The lowest BCUT2D eigenvalue weighted by molar-refractivity contribution is 0.0930. The number of hydrogen-bond donors (Lipinski definition) is 1. The summed E-state index contributed by atoms with van der Waals surface area (Å²) in [5, 5.41) is 8.77. The number of nitrogens with one attached hydrogen (secondary N) is 1. The summed E-state index contributed by atoms with van der Waals surface area (Å²) >= 11 is 6.41. The molecular weight excluding hydrogens is 389 g/mol. The van der Waals surface area contributed by atoms with Crippen molar-refractivity contribution in [2.24, 2.45) is 4.99 Å². The molecule has 1 unspecified atom stereocenters. The molecule has 4 rings (SSSR count). The topological polar surface area (TPSA) is 71.8 Å². The summed E-state index contributed by atoms with van der Waals surface area (Å²) < 4.78 is 6.94. The van der Waals surface area contributed by atoms with E-state index in [4.69, 9.17) is 29.2 Å². The van der Waals surface area contributed by atoms with Crippen LogP contribution >= 0.6 is 11.6 Å². The summed E-state index contributed by atoms with van der Waals surface area (Å²) in [6.07, 6.45) is 3.66. The maximum absolute atomic E-state index is 11.9. The average Bonchev–Trinajstić information content (AvgIpc) is 3.10. The zero-order valence-electron chi connectivity index (χ0n) is 16.3. The molecule has 0 saturated carbocycles. The number of aliphatic imine (C=N–C) groups is 1. The van der Waals surface area contributed by atoms with Crippen LogP contribution in [0.3, 0.4) is 0 Å². The van der Waals surface area contributed by atoms with Crippen molar-refractivity contribution in [3.63, 3.8) is 0 Å². The van der Waals surface area contributed by atoms with Gasteiger partial charge in [0.1, 0.15) is 19.8 Å². The zero-order chi connectivity index (χ0) is 20.4. The van der Waals surface area contributed by atoms with Crippen LogP contribution in [0.25, 0.3) is 0 Å². The molecule has 1 fully saturated rings. The molecule has 1 aromatic heterocycles. The molecular formula is C20H23BClN5O2. The number of carbonyl (C=O) groups excluding carboxylic acids is 1. The number of halogens is 1. The van der Waals surface area contributed by atoms with Crippen LogP contribution < -0.4 is 10.8 Å². The summed E-state index contributed by atoms with van der Waals surface area (Å²) in [5.74, 6) is 0.646. The highest BCUT2D eigenvalue weighted by Crippen LogP contribution is 2.29. The van der Waals surface area contributed by atoms with Crippen LogP contribution in [0.2, 0.25) is 5.02 Å². The number of rotatable bonds is 4. The second kappa shape index (κ2) is 8.59. The number of nitrogens with zero attached hydrogens (tertiary/aromatic N) is 4. The Labute approximate surface area is 176 Å². The zero-order valence-corrected chi connectivity index (χ0v) is 17.1. The van der Waals surface area contributed by atoms with Crippen LogP contribution in [-0.2, 0) is 4.74 Å². The molecule has 2 aromatic rings. The molecule has 1 saturated heterocycles. The Morgan fingerprint density at radius 3 is 2.83 bits per heavy atom. The Hall–Kier alpha value is -2.32. The van der Waals surface area contributed by atoms with Gasteiger partial charge in [-0.15, -0.1) is 0 Å². The predicted octanol–water partition coefficient (Wildman–Crippen LogP) is 2.56. The van der Waals surface area contributed by atoms with E-state index in [1.54, 1.807) is 11.1 Å². The molecule has 3 heterocycles. The second-order valence-corrected chi connectivity index (χ2v) is 7.66. The van der Waals surface area contributed by atoms with E-state index in [0.717, 1.165) is 24.1 Å². The fraction of sp³-hybridized carbons (Fsp3) is 0.450. The SMILES string of the molecule is [B]c1cnn2c1N=C(c1ccccc1Cl)CC2NC1CCN(C(=O)OCC)CC1. The van der Waals surface area contributed by atoms with Gasteiger partial charge in [0.25, 0.3) is 0 Å². The third-order valence-electron chi connectivity index (χ3n) is 5.35. The van der Waals surface area contributed by atoms with Crippen LogP contribution in [0.15, 0.2) is 35.5 Å². The minimum atomic E-state index is -0.237. The Morgan fingerprint density at radius 2 is 2.10 bits per heavy atom. The van der Waals surface area contributed by atoms with Gasteiger partial charge in [-0.25, -0.2) is 14.5 Å². The summed E-state index contributed by atoms with van der Waals surface area (Å²) in [4.78, 5) is 18.4. The van der Waals surface area contributed by atoms with Gasteiger partial charge < -0.3 is 9.64 Å². The van der Waals surface area contributed by atoms with Crippen LogP contribution in [0.5, 0.6) is 0 Å². The van der Waals surface area contributed by atoms with Gasteiger partial charge in [-0.3, -0.25) is 5.32 Å². The van der Waals surface area contributed by atoms with Gasteiger partial charge in [-0.2, -0.15) is 5.10 Å². The maximum atomic E-state index is 11.9. The van der Waals surface area contributed by atoms with E-state index in [1.807, 2.05) is 35.9 Å². The van der Waals surface area contributed by atoms with Gasteiger partial charge in [0.05, 0.1) is 12.3 Å². The molecule has 9 heteroatoms. The lowest BCUT2D eigenvalue weighted by atomic mass is 9.97. The first kappa shape index (κ1) is 20.0. The monoisotopic (exact) mass is 411 g/mol. The van der Waals surface area contributed by atoms with Crippen LogP contribution in [-0.4, -0.2) is 60.1 Å². The van der Waals surface area contributed by atoms with Crippen molar-refractivity contribution in [2.45, 2.75) is 38.4 Å². The van der Waals surface area contributed by atoms with E-state index in [1.165, 1.54) is 0 Å². The summed E-state index contributed by atoms with van der Waals surface area (Å²) in [7, 11) is 6.11. The van der Waals surface area contributed by atoms with Crippen molar-refractivity contribution < 1.29 is 9.53 Å². The van der Waals surface area contributed by atoms with Crippen molar-refractivity contribution in [1.82, 2.24) is 20.0 Å². The minimum absolute atomic E-state index is 0.0785. The van der Waals surface area contributed by atoms with Gasteiger partial charge in [-0.1, -0.05) is 29.8 Å². The summed E-state index contributed by atoms with van der Waals surface area (Å²) in [6, 6.07) is 7.95. The third kappa shape index (κ3) is 4.18. The average molecular weight is 412 g/mol. The second-order valence-electron chi connectivity index (χ2n) is 7.25. The number of ether oxygens (including phenoxy) is 1. The van der Waals surface area contributed by atoms with Crippen molar-refractivity contribution in [3.05, 3.63) is 41.0 Å². The molecule has 0 aliphatic carbocycles. The van der Waals surface area contributed by atoms with Crippen molar-refractivity contribution in [1.29, 1.82) is 0 Å². The first-order valence-corrected chi connectivity index (χ1v) is 10.3. The number of likely N-dealkylation sites (tertiary alicyclic amines) is 1. The predicted molar refractivity (Wildman–Crippen MR) is 114 cm³/mol. The highest BCUT2D eigenvalue weighted by molar-refractivity contribution is 6.36. The number of amides is 1. The van der Waals surface area contributed by atoms with Crippen molar-refractivity contribution >= 4 is 42.5 Å². The molecule has 2 aliphatic rings. The molecule has 1 amide bonds. The molecule has 1 aromatic carbocycles. The summed E-state index contributed by atoms with van der Waals surface area (Å²) in [6.45, 7) is 3.55. The number of hydrogen-bond acceptors (Lipinski definition) is 5. The Morgan fingerprint density at radius 1 is 1.34 bits per heavy atom. The lowest BCUT2D eigenvalue weighted by Crippen LogP contribution is -2.47. The first-order chi connectivity index (χ1) is 14.1. The third-order valence-corrected chi connectivity index (χ3v) is 5.68. The highest BCUT2D eigenvalue weighted by atomic mass is 35.5. The van der Waals surface area contributed by atoms with E-state index in [2.05, 4.69) is 10.4 Å².